The molecule has 0 fully saturated rings. The molecule has 0 radical (unpaired) electrons. The van der Waals surface area contributed by atoms with E-state index in [4.69, 9.17) is 4.74 Å². The fourth-order valence-corrected chi connectivity index (χ4v) is 2.86. The van der Waals surface area contributed by atoms with Crippen LogP contribution in [0.4, 0.5) is 13.2 Å². The van der Waals surface area contributed by atoms with E-state index in [2.05, 4.69) is 0 Å². The second-order valence-corrected chi connectivity index (χ2v) is 5.82. The van der Waals surface area contributed by atoms with Crippen molar-refractivity contribution >= 4 is 5.97 Å². The van der Waals surface area contributed by atoms with Gasteiger partial charge in [-0.1, -0.05) is 12.1 Å². The summed E-state index contributed by atoms with van der Waals surface area (Å²) in [6.45, 7) is 7.54. The van der Waals surface area contributed by atoms with Crippen molar-refractivity contribution in [2.24, 2.45) is 0 Å². The van der Waals surface area contributed by atoms with Gasteiger partial charge in [-0.15, -0.1) is 0 Å². The van der Waals surface area contributed by atoms with Crippen molar-refractivity contribution in [2.75, 3.05) is 7.11 Å². The van der Waals surface area contributed by atoms with Crippen LogP contribution in [0.5, 0.6) is 0 Å². The lowest BCUT2D eigenvalue weighted by Gasteiger charge is -2.20. The van der Waals surface area contributed by atoms with Crippen LogP contribution in [0.1, 0.15) is 38.2 Å². The van der Waals surface area contributed by atoms with E-state index in [0.29, 0.717) is 16.7 Å². The fourth-order valence-electron chi connectivity index (χ4n) is 2.86. The zero-order chi connectivity index (χ0) is 18.2. The molecule has 24 heavy (non-hydrogen) atoms. The maximum absolute atomic E-state index is 12.8. The molecule has 2 aromatic carbocycles. The van der Waals surface area contributed by atoms with Crippen LogP contribution in [0.25, 0.3) is 11.1 Å². The molecule has 0 heterocycles. The van der Waals surface area contributed by atoms with Crippen molar-refractivity contribution in [3.63, 3.8) is 0 Å². The van der Waals surface area contributed by atoms with Gasteiger partial charge >= 0.3 is 12.1 Å². The Labute approximate surface area is 139 Å². The van der Waals surface area contributed by atoms with Crippen LogP contribution in [0.3, 0.4) is 0 Å². The highest BCUT2D eigenvalue weighted by Crippen LogP contribution is 2.37. The summed E-state index contributed by atoms with van der Waals surface area (Å²) >= 11 is 0. The van der Waals surface area contributed by atoms with Crippen LogP contribution in [0.2, 0.25) is 0 Å². The van der Waals surface area contributed by atoms with Gasteiger partial charge in [0.15, 0.2) is 0 Å². The highest BCUT2D eigenvalue weighted by molar-refractivity contribution is 6.00. The van der Waals surface area contributed by atoms with Gasteiger partial charge < -0.3 is 4.74 Å². The summed E-state index contributed by atoms with van der Waals surface area (Å²) in [7, 11) is 1.29. The van der Waals surface area contributed by atoms with Crippen molar-refractivity contribution in [2.45, 2.75) is 33.9 Å². The van der Waals surface area contributed by atoms with Crippen LogP contribution in [0.15, 0.2) is 24.3 Å². The smallest absolute Gasteiger partial charge is 0.416 e. The largest absolute Gasteiger partial charge is 0.465 e. The van der Waals surface area contributed by atoms with E-state index >= 15 is 0 Å². The first kappa shape index (κ1) is 18.0. The molecule has 0 aromatic heterocycles. The molecule has 0 unspecified atom stereocenters. The minimum Gasteiger partial charge on any atom is -0.465 e. The zero-order valence-corrected chi connectivity index (χ0v) is 14.3. The normalized spacial score (nSPS) is 11.5. The Morgan fingerprint density at radius 1 is 0.875 bits per heavy atom. The molecule has 2 nitrogen and oxygen atoms in total. The quantitative estimate of drug-likeness (QED) is 0.687. The molecule has 0 aliphatic rings. The highest BCUT2D eigenvalue weighted by atomic mass is 19.4. The number of carbonyl (C=O) groups excluding carboxylic acids is 1. The molecule has 0 saturated carbocycles. The number of hydrogen-bond donors (Lipinski definition) is 0. The Balaban J connectivity index is 2.76. The molecule has 0 bridgehead atoms. The summed E-state index contributed by atoms with van der Waals surface area (Å²) in [6, 6.07) is 4.85. The molecular weight excluding hydrogens is 317 g/mol. The molecule has 0 N–H and O–H groups in total. The fraction of sp³-hybridized carbons (Fsp3) is 0.316. The maximum Gasteiger partial charge on any atom is 0.416 e. The summed E-state index contributed by atoms with van der Waals surface area (Å²) in [5, 5.41) is 0. The van der Waals surface area contributed by atoms with Gasteiger partial charge in [0.2, 0.25) is 0 Å². The molecular formula is C19H19F3O2. The number of hydrogen-bond acceptors (Lipinski definition) is 2. The Morgan fingerprint density at radius 3 is 1.83 bits per heavy atom. The van der Waals surface area contributed by atoms with Crippen molar-refractivity contribution in [1.29, 1.82) is 0 Å². The van der Waals surface area contributed by atoms with Gasteiger partial charge in [0, 0.05) is 0 Å². The number of carbonyl (C=O) groups is 1. The van der Waals surface area contributed by atoms with E-state index in [1.54, 1.807) is 0 Å². The summed E-state index contributed by atoms with van der Waals surface area (Å²) in [6.07, 6.45) is -4.39. The number of halogens is 3. The maximum atomic E-state index is 12.8. The monoisotopic (exact) mass is 336 g/mol. The summed E-state index contributed by atoms with van der Waals surface area (Å²) in [4.78, 5) is 12.3. The van der Waals surface area contributed by atoms with Crippen LogP contribution in [-0.4, -0.2) is 13.1 Å². The first-order valence-electron chi connectivity index (χ1n) is 7.45. The topological polar surface area (TPSA) is 26.3 Å². The first-order valence-corrected chi connectivity index (χ1v) is 7.45. The van der Waals surface area contributed by atoms with Gasteiger partial charge in [-0.2, -0.15) is 13.2 Å². The number of benzene rings is 2. The van der Waals surface area contributed by atoms with Gasteiger partial charge in [0.25, 0.3) is 0 Å². The van der Waals surface area contributed by atoms with Crippen molar-refractivity contribution in [3.8, 4) is 11.1 Å². The van der Waals surface area contributed by atoms with Crippen LogP contribution in [-0.2, 0) is 10.9 Å². The standard InChI is InChI=1S/C19H19F3O2/c1-10-11(2)13(4)17(18(23)24-5)16(12(10)3)14-6-8-15(9-7-14)19(20,21)22/h6-9H,1-5H3. The molecule has 2 rings (SSSR count). The number of alkyl halides is 3. The first-order chi connectivity index (χ1) is 11.1. The van der Waals surface area contributed by atoms with E-state index in [-0.39, 0.29) is 0 Å². The molecule has 5 heteroatoms. The third-order valence-electron chi connectivity index (χ3n) is 4.58. The number of esters is 1. The molecule has 0 aliphatic carbocycles. The molecule has 128 valence electrons. The van der Waals surface area contributed by atoms with Gasteiger partial charge in [-0.05, 0) is 73.2 Å². The number of methoxy groups -OCH3 is 1. The average Bonchev–Trinajstić information content (AvgIpc) is 2.54. The van der Waals surface area contributed by atoms with Gasteiger partial charge in [-0.3, -0.25) is 0 Å². The Hall–Kier alpha value is -2.30. The van der Waals surface area contributed by atoms with Crippen LogP contribution < -0.4 is 0 Å². The van der Waals surface area contributed by atoms with E-state index in [1.807, 2.05) is 27.7 Å². The van der Waals surface area contributed by atoms with E-state index in [0.717, 1.165) is 34.4 Å². The Bertz CT molecular complexity index is 788. The molecule has 0 saturated heterocycles. The van der Waals surface area contributed by atoms with Crippen molar-refractivity contribution in [1.82, 2.24) is 0 Å². The van der Waals surface area contributed by atoms with E-state index in [9.17, 15) is 18.0 Å². The zero-order valence-electron chi connectivity index (χ0n) is 14.3. The third-order valence-corrected chi connectivity index (χ3v) is 4.58. The lowest BCUT2D eigenvalue weighted by molar-refractivity contribution is -0.137. The predicted molar refractivity (Wildman–Crippen MR) is 87.2 cm³/mol. The van der Waals surface area contributed by atoms with Gasteiger partial charge in [0.1, 0.15) is 0 Å². The van der Waals surface area contributed by atoms with Gasteiger partial charge in [-0.25, -0.2) is 4.79 Å². The minimum absolute atomic E-state index is 0.401. The summed E-state index contributed by atoms with van der Waals surface area (Å²) < 4.78 is 43.2. The molecule has 2 aromatic rings. The van der Waals surface area contributed by atoms with Crippen LogP contribution in [0, 0.1) is 27.7 Å². The van der Waals surface area contributed by atoms with Crippen molar-refractivity contribution in [3.05, 3.63) is 57.6 Å². The average molecular weight is 336 g/mol. The highest BCUT2D eigenvalue weighted by Gasteiger charge is 2.30. The summed E-state index contributed by atoms with van der Waals surface area (Å²) in [5.41, 5.74) is 4.49. The molecule has 0 spiro atoms. The third kappa shape index (κ3) is 3.03. The molecule has 0 aliphatic heterocycles. The second-order valence-electron chi connectivity index (χ2n) is 5.82. The van der Waals surface area contributed by atoms with Crippen LogP contribution >= 0.6 is 0 Å². The van der Waals surface area contributed by atoms with Crippen molar-refractivity contribution < 1.29 is 22.7 Å². The Kier molecular flexibility index (Phi) is 4.74. The molecule has 0 atom stereocenters. The molecule has 0 amide bonds. The minimum atomic E-state index is -4.39. The van der Waals surface area contributed by atoms with E-state index < -0.39 is 17.7 Å². The predicted octanol–water partition coefficient (Wildman–Crippen LogP) is 5.39. The second kappa shape index (κ2) is 6.30. The Morgan fingerprint density at radius 2 is 1.38 bits per heavy atom. The lowest BCUT2D eigenvalue weighted by Crippen LogP contribution is -2.11. The van der Waals surface area contributed by atoms with E-state index in [1.165, 1.54) is 19.2 Å². The number of rotatable bonds is 2. The lowest BCUT2D eigenvalue weighted by atomic mass is 9.85. The number of ether oxygens (including phenoxy) is 1. The SMILES string of the molecule is COC(=O)c1c(C)c(C)c(C)c(C)c1-c1ccc(C(F)(F)F)cc1. The van der Waals surface area contributed by atoms with Gasteiger partial charge in [0.05, 0.1) is 18.2 Å². The summed E-state index contributed by atoms with van der Waals surface area (Å²) in [5.74, 6) is -0.492.